The highest BCUT2D eigenvalue weighted by Crippen LogP contribution is 2.26. The standard InChI is InChI=1S/C22H35N3O3.2ClH/c1-25(19-8-11-27-12-9-19)10-13-28-20-6-2-4-17(14-20)16-24-22(26)15-18-5-3-7-21(18)23;;/h2,4,6,14,18-19,21H,3,5,7-13,15-16,23H2,1H3,(H,24,26);2*1H/t18-,21+;;/m0../s1. The van der Waals surface area contributed by atoms with Crippen LogP contribution < -0.4 is 15.8 Å². The van der Waals surface area contributed by atoms with Crippen LogP contribution in [0.25, 0.3) is 0 Å². The normalized spacial score (nSPS) is 21.6. The maximum atomic E-state index is 12.2. The smallest absolute Gasteiger partial charge is 0.220 e. The number of benzene rings is 1. The van der Waals surface area contributed by atoms with Gasteiger partial charge in [-0.25, -0.2) is 0 Å². The van der Waals surface area contributed by atoms with Crippen LogP contribution in [0.3, 0.4) is 0 Å². The number of hydrogen-bond acceptors (Lipinski definition) is 5. The molecule has 1 aliphatic heterocycles. The van der Waals surface area contributed by atoms with E-state index >= 15 is 0 Å². The summed E-state index contributed by atoms with van der Waals surface area (Å²) in [6, 6.07) is 8.75. The van der Waals surface area contributed by atoms with Crippen molar-refractivity contribution in [3.05, 3.63) is 29.8 Å². The molecule has 0 aromatic heterocycles. The Morgan fingerprint density at radius 3 is 2.70 bits per heavy atom. The molecule has 3 N–H and O–H groups in total. The summed E-state index contributed by atoms with van der Waals surface area (Å²) >= 11 is 0. The van der Waals surface area contributed by atoms with Crippen molar-refractivity contribution in [3.8, 4) is 5.75 Å². The fourth-order valence-corrected chi connectivity index (χ4v) is 4.19. The summed E-state index contributed by atoms with van der Waals surface area (Å²) in [5.41, 5.74) is 7.12. The second kappa shape index (κ2) is 14.1. The van der Waals surface area contributed by atoms with Crippen LogP contribution >= 0.6 is 24.8 Å². The van der Waals surface area contributed by atoms with Gasteiger partial charge in [0, 0.05) is 44.8 Å². The van der Waals surface area contributed by atoms with Gasteiger partial charge in [0.2, 0.25) is 5.91 Å². The topological polar surface area (TPSA) is 76.8 Å². The van der Waals surface area contributed by atoms with E-state index in [4.69, 9.17) is 15.2 Å². The number of nitrogens with two attached hydrogens (primary N) is 1. The fraction of sp³-hybridized carbons (Fsp3) is 0.682. The monoisotopic (exact) mass is 461 g/mol. The first-order valence-electron chi connectivity index (χ1n) is 10.6. The van der Waals surface area contributed by atoms with Crippen molar-refractivity contribution < 1.29 is 14.3 Å². The molecule has 0 spiro atoms. The number of hydrogen-bond donors (Lipinski definition) is 2. The Balaban J connectivity index is 0.00000225. The molecule has 2 fully saturated rings. The molecule has 30 heavy (non-hydrogen) atoms. The fourth-order valence-electron chi connectivity index (χ4n) is 4.19. The predicted octanol–water partition coefficient (Wildman–Crippen LogP) is 3.15. The zero-order valence-electron chi connectivity index (χ0n) is 17.9. The minimum absolute atomic E-state index is 0. The lowest BCUT2D eigenvalue weighted by Crippen LogP contribution is -2.38. The molecule has 1 aromatic carbocycles. The Hall–Kier alpha value is -1.05. The second-order valence-electron chi connectivity index (χ2n) is 8.16. The lowest BCUT2D eigenvalue weighted by Gasteiger charge is -2.31. The molecule has 1 saturated heterocycles. The van der Waals surface area contributed by atoms with Gasteiger partial charge in [-0.1, -0.05) is 18.6 Å². The van der Waals surface area contributed by atoms with Crippen LogP contribution in [0, 0.1) is 5.92 Å². The average molecular weight is 462 g/mol. The van der Waals surface area contributed by atoms with E-state index in [1.807, 2.05) is 24.3 Å². The number of rotatable bonds is 9. The van der Waals surface area contributed by atoms with E-state index in [0.717, 1.165) is 63.2 Å². The summed E-state index contributed by atoms with van der Waals surface area (Å²) in [6.45, 7) is 3.79. The molecule has 1 saturated carbocycles. The van der Waals surface area contributed by atoms with Gasteiger partial charge in [-0.2, -0.15) is 0 Å². The molecule has 0 bridgehead atoms. The Morgan fingerprint density at radius 1 is 1.23 bits per heavy atom. The summed E-state index contributed by atoms with van der Waals surface area (Å²) in [7, 11) is 2.15. The molecule has 8 heteroatoms. The third-order valence-electron chi connectivity index (χ3n) is 6.08. The summed E-state index contributed by atoms with van der Waals surface area (Å²) in [4.78, 5) is 14.5. The van der Waals surface area contributed by atoms with Crippen LogP contribution in [0.15, 0.2) is 24.3 Å². The van der Waals surface area contributed by atoms with Crippen molar-refractivity contribution in [3.63, 3.8) is 0 Å². The predicted molar refractivity (Wildman–Crippen MR) is 125 cm³/mol. The lowest BCUT2D eigenvalue weighted by atomic mass is 10.00. The van der Waals surface area contributed by atoms with Crippen LogP contribution in [-0.4, -0.2) is 56.3 Å². The second-order valence-corrected chi connectivity index (χ2v) is 8.16. The van der Waals surface area contributed by atoms with Crippen molar-refractivity contribution in [2.75, 3.05) is 33.4 Å². The number of nitrogens with one attached hydrogen (secondary N) is 1. The third kappa shape index (κ3) is 8.60. The number of halogens is 2. The van der Waals surface area contributed by atoms with Crippen LogP contribution in [0.1, 0.15) is 44.1 Å². The first-order valence-corrected chi connectivity index (χ1v) is 10.6. The molecule has 3 rings (SSSR count). The molecule has 1 amide bonds. The molecule has 1 aliphatic carbocycles. The van der Waals surface area contributed by atoms with Crippen LogP contribution in [0.5, 0.6) is 5.75 Å². The molecule has 1 aromatic rings. The van der Waals surface area contributed by atoms with Gasteiger partial charge in [-0.05, 0) is 56.3 Å². The van der Waals surface area contributed by atoms with E-state index in [0.29, 0.717) is 31.5 Å². The summed E-state index contributed by atoms with van der Waals surface area (Å²) in [5.74, 6) is 1.28. The number of likely N-dealkylation sites (N-methyl/N-ethyl adjacent to an activating group) is 1. The first-order chi connectivity index (χ1) is 13.6. The average Bonchev–Trinajstić information content (AvgIpc) is 3.12. The number of carbonyl (C=O) groups is 1. The first kappa shape index (κ1) is 27.0. The third-order valence-corrected chi connectivity index (χ3v) is 6.08. The van der Waals surface area contributed by atoms with Crippen molar-refractivity contribution in [1.82, 2.24) is 10.2 Å². The molecule has 172 valence electrons. The van der Waals surface area contributed by atoms with Crippen LogP contribution in [0.4, 0.5) is 0 Å². The highest BCUT2D eigenvalue weighted by Gasteiger charge is 2.25. The Kier molecular flexibility index (Phi) is 12.7. The van der Waals surface area contributed by atoms with Crippen molar-refractivity contribution >= 4 is 30.7 Å². The minimum Gasteiger partial charge on any atom is -0.492 e. The zero-order chi connectivity index (χ0) is 19.8. The number of ether oxygens (including phenoxy) is 2. The molecule has 1 heterocycles. The van der Waals surface area contributed by atoms with Gasteiger partial charge in [-0.3, -0.25) is 9.69 Å². The Morgan fingerprint density at radius 2 is 2.00 bits per heavy atom. The van der Waals surface area contributed by atoms with Gasteiger partial charge in [0.15, 0.2) is 0 Å². The molecule has 0 radical (unpaired) electrons. The van der Waals surface area contributed by atoms with Gasteiger partial charge in [0.25, 0.3) is 0 Å². The van der Waals surface area contributed by atoms with E-state index in [2.05, 4.69) is 17.3 Å². The molecule has 6 nitrogen and oxygen atoms in total. The zero-order valence-corrected chi connectivity index (χ0v) is 19.5. The van der Waals surface area contributed by atoms with E-state index in [-0.39, 0.29) is 36.8 Å². The van der Waals surface area contributed by atoms with E-state index in [9.17, 15) is 4.79 Å². The summed E-state index contributed by atoms with van der Waals surface area (Å²) < 4.78 is 11.4. The SMILES string of the molecule is CN(CCOc1cccc(CNC(=O)C[C@@H]2CCC[C@H]2N)c1)C1CCOCC1.Cl.Cl. The maximum absolute atomic E-state index is 12.2. The highest BCUT2D eigenvalue weighted by molar-refractivity contribution is 5.85. The number of amides is 1. The van der Waals surface area contributed by atoms with Crippen molar-refractivity contribution in [2.45, 2.75) is 57.2 Å². The summed E-state index contributed by atoms with van der Waals surface area (Å²) in [6.07, 6.45) is 5.98. The Labute approximate surface area is 193 Å². The quantitative estimate of drug-likeness (QED) is 0.590. The van der Waals surface area contributed by atoms with Gasteiger partial charge in [0.05, 0.1) is 0 Å². The molecular formula is C22H37Cl2N3O3. The van der Waals surface area contributed by atoms with Gasteiger partial charge in [0.1, 0.15) is 12.4 Å². The van der Waals surface area contributed by atoms with E-state index < -0.39 is 0 Å². The number of nitrogens with zero attached hydrogens (tertiary/aromatic N) is 1. The lowest BCUT2D eigenvalue weighted by molar-refractivity contribution is -0.122. The van der Waals surface area contributed by atoms with Crippen LogP contribution in [0.2, 0.25) is 0 Å². The van der Waals surface area contributed by atoms with Crippen molar-refractivity contribution in [1.29, 1.82) is 0 Å². The molecular weight excluding hydrogens is 425 g/mol. The van der Waals surface area contributed by atoms with E-state index in [1.54, 1.807) is 0 Å². The molecule has 0 unspecified atom stereocenters. The maximum Gasteiger partial charge on any atom is 0.220 e. The molecule has 2 atom stereocenters. The summed E-state index contributed by atoms with van der Waals surface area (Å²) in [5, 5.41) is 3.02. The Bertz CT molecular complexity index is 629. The largest absolute Gasteiger partial charge is 0.492 e. The van der Waals surface area contributed by atoms with Gasteiger partial charge >= 0.3 is 0 Å². The van der Waals surface area contributed by atoms with Gasteiger partial charge in [-0.15, -0.1) is 24.8 Å². The van der Waals surface area contributed by atoms with E-state index in [1.165, 1.54) is 0 Å². The number of carbonyl (C=O) groups excluding carboxylic acids is 1. The van der Waals surface area contributed by atoms with Crippen LogP contribution in [-0.2, 0) is 16.1 Å². The van der Waals surface area contributed by atoms with Gasteiger partial charge < -0.3 is 20.5 Å². The minimum atomic E-state index is 0. The highest BCUT2D eigenvalue weighted by atomic mass is 35.5. The molecule has 2 aliphatic rings. The van der Waals surface area contributed by atoms with Crippen molar-refractivity contribution in [2.24, 2.45) is 11.7 Å².